The van der Waals surface area contributed by atoms with Crippen LogP contribution in [0.4, 0.5) is 23.5 Å². The summed E-state index contributed by atoms with van der Waals surface area (Å²) < 4.78 is 229. The summed E-state index contributed by atoms with van der Waals surface area (Å²) in [5, 5.41) is 11.8. The highest BCUT2D eigenvalue weighted by molar-refractivity contribution is 8.45. The molecule has 27 atom stereocenters. The largest absolute Gasteiger partial charge is 0.472 e. The van der Waals surface area contributed by atoms with Crippen molar-refractivity contribution in [3.05, 3.63) is 133 Å². The van der Waals surface area contributed by atoms with Gasteiger partial charge >= 0.3 is 52.1 Å². The number of nitrogens with two attached hydrogens (primary N) is 4. The van der Waals surface area contributed by atoms with E-state index < -0.39 is 255 Å². The first-order valence-corrected chi connectivity index (χ1v) is 57.0. The molecule has 14 unspecified atom stereocenters. The maximum Gasteiger partial charge on any atom is 0.472 e. The fourth-order valence-corrected chi connectivity index (χ4v) is 23.9. The average molecular weight is 2220 g/mol. The van der Waals surface area contributed by atoms with E-state index in [9.17, 15) is 52.7 Å². The van der Waals surface area contributed by atoms with Crippen LogP contribution in [0.15, 0.2) is 77.5 Å². The van der Waals surface area contributed by atoms with Crippen LogP contribution in [-0.2, 0) is 134 Å². The molecule has 145 heavy (non-hydrogen) atoms. The predicted molar refractivity (Wildman–Crippen MR) is 514 cm³/mol. The monoisotopic (exact) mass is 2220 g/mol. The number of nitrogen functional groups attached to an aromatic ring is 4. The van der Waals surface area contributed by atoms with Crippen molar-refractivity contribution < 1.29 is 144 Å². The lowest BCUT2D eigenvalue weighted by molar-refractivity contribution is -0.0839. The van der Waals surface area contributed by atoms with Gasteiger partial charge in [-0.05, 0) is 27.2 Å². The smallest absolute Gasteiger partial charge is 0.387 e. The number of thiol groups is 4. The van der Waals surface area contributed by atoms with E-state index in [1.807, 2.05) is 6.92 Å². The molecule has 6 aliphatic rings. The number of unbranched alkanes of at least 4 members (excludes halogenated alkanes) is 2. The molecule has 0 aromatic carbocycles. The van der Waals surface area contributed by atoms with E-state index in [0.29, 0.717) is 24.0 Å². The van der Waals surface area contributed by atoms with E-state index in [1.54, 1.807) is 4.57 Å². The lowest BCUT2D eigenvalue weighted by atomic mass is 10.1. The normalized spacial score (nSPS) is 28.7. The molecule has 9 aromatic rings. The van der Waals surface area contributed by atoms with Gasteiger partial charge in [0.05, 0.1) is 117 Å². The zero-order valence-corrected chi connectivity index (χ0v) is 86.4. The summed E-state index contributed by atoms with van der Waals surface area (Å²) in [7, 11) is -0.568. The van der Waals surface area contributed by atoms with E-state index in [0.717, 1.165) is 43.6 Å². The minimum absolute atomic E-state index is 0.00848. The molecule has 69 heteroatoms. The van der Waals surface area contributed by atoms with E-state index >= 15 is 13.7 Å². The molecule has 800 valence electrons. The highest BCUT2D eigenvalue weighted by Gasteiger charge is 2.58. The zero-order valence-electron chi connectivity index (χ0n) is 78.4. The third-order valence-electron chi connectivity index (χ3n) is 23.8. The molecular weight excluding hydrogens is 2110 g/mol. The minimum atomic E-state index is -5.91. The van der Waals surface area contributed by atoms with Gasteiger partial charge < -0.3 is 99.3 Å². The van der Waals surface area contributed by atoms with Crippen molar-refractivity contribution in [1.29, 1.82) is 0 Å². The van der Waals surface area contributed by atoms with Gasteiger partial charge in [-0.25, -0.2) is 62.1 Å². The van der Waals surface area contributed by atoms with E-state index in [1.165, 1.54) is 85.2 Å². The molecule has 6 saturated heterocycles. The van der Waals surface area contributed by atoms with E-state index in [-0.39, 0.29) is 116 Å². The summed E-state index contributed by atoms with van der Waals surface area (Å²) in [5.74, 6) is -0.795. The van der Waals surface area contributed by atoms with E-state index in [2.05, 4.69) is 109 Å². The van der Waals surface area contributed by atoms with Crippen molar-refractivity contribution in [1.82, 2.24) is 87.2 Å². The van der Waals surface area contributed by atoms with Crippen molar-refractivity contribution in [3.8, 4) is 0 Å². The number of fused-ring (bicyclic) bond motifs is 3. The number of hydrogen-bond donors (Lipinski definition) is 14. The fraction of sp³-hybridized carbons (Fsp3) is 0.645. The SMILES string of the molecule is CCCCC[C@H]1O[C@@H](n2cnc3c(N)ncnc32)CC1OP(=O)(S)OC[C@H]1O[C@@H](n2cnc3c(=O)[nH]c(N)nc32)CC1OP(=O)(S)OC[C@H]1O[C@@H](n2cnc3c(=O)[nH]c(N)nc32)C(OCCOC)[C@H]1OP(=O)(O)OC[C@H]1O[C@@H](n2cc(C)c(=O)[nH]c2=O)C(OCCOC)C1OP(=O)(S)OC[C@H]1O[C@@H](n2cc(C)c(N)nc2=O)C(OCCOC)C1OP(=O)(S)OC[C@H]1O[C@@H](n2cc(C)c(=O)[nH]c2=O)C(OCCOC)C1O. The van der Waals surface area contributed by atoms with Crippen LogP contribution in [0.3, 0.4) is 0 Å². The van der Waals surface area contributed by atoms with Crippen LogP contribution >= 0.6 is 84.0 Å². The summed E-state index contributed by atoms with van der Waals surface area (Å²) in [5.41, 5.74) is 18.2. The summed E-state index contributed by atoms with van der Waals surface area (Å²) in [6.07, 6.45) is -23.1. The van der Waals surface area contributed by atoms with Crippen LogP contribution in [0.25, 0.3) is 33.5 Å². The Labute approximate surface area is 840 Å². The second-order valence-corrected chi connectivity index (χ2v) is 46.6. The Kier molecular flexibility index (Phi) is 36.7. The number of phosphoric ester groups is 1. The van der Waals surface area contributed by atoms with Gasteiger partial charge in [0, 0.05) is 76.6 Å². The van der Waals surface area contributed by atoms with Crippen LogP contribution in [0, 0.1) is 20.8 Å². The van der Waals surface area contributed by atoms with Crippen molar-refractivity contribution in [3.63, 3.8) is 0 Å². The quantitative estimate of drug-likeness (QED) is 0.0148. The molecule has 0 spiro atoms. The number of imidazole rings is 3. The molecule has 9 aromatic heterocycles. The number of rotatable bonds is 51. The maximum atomic E-state index is 15.6. The number of nitrogens with one attached hydrogen (secondary N) is 4. The highest BCUT2D eigenvalue weighted by atomic mass is 32.7. The van der Waals surface area contributed by atoms with Crippen LogP contribution < -0.4 is 62.2 Å². The molecule has 0 bridgehead atoms. The predicted octanol–water partition coefficient (Wildman–Crippen LogP) is 2.20. The molecule has 0 radical (unpaired) electrons. The highest BCUT2D eigenvalue weighted by Crippen LogP contribution is 2.63. The Bertz CT molecular complexity index is 6780. The summed E-state index contributed by atoms with van der Waals surface area (Å²) in [6.45, 7) is -20.1. The third-order valence-corrected chi connectivity index (χ3v) is 31.3. The second-order valence-electron chi connectivity index (χ2n) is 33.7. The Morgan fingerprint density at radius 3 is 1.30 bits per heavy atom. The summed E-state index contributed by atoms with van der Waals surface area (Å²) >= 11 is 17.6. The van der Waals surface area contributed by atoms with Crippen LogP contribution in [0.5, 0.6) is 0 Å². The van der Waals surface area contributed by atoms with Crippen molar-refractivity contribution in [2.24, 2.45) is 0 Å². The first-order valence-electron chi connectivity index (χ1n) is 44.7. The van der Waals surface area contributed by atoms with Gasteiger partial charge in [0.25, 0.3) is 22.2 Å². The maximum absolute atomic E-state index is 15.6. The fourth-order valence-electron chi connectivity index (χ4n) is 16.9. The number of ether oxygens (including phenoxy) is 14. The molecule has 15 rings (SSSR count). The van der Waals surface area contributed by atoms with Gasteiger partial charge in [-0.3, -0.25) is 112 Å². The lowest BCUT2D eigenvalue weighted by Crippen LogP contribution is -2.41. The van der Waals surface area contributed by atoms with Crippen molar-refractivity contribution in [2.45, 2.75) is 201 Å². The topological polar surface area (TPSA) is 767 Å². The number of aliphatic hydroxyl groups is 1. The summed E-state index contributed by atoms with van der Waals surface area (Å²) in [4.78, 5) is 149. The Hall–Kier alpha value is -7.80. The Morgan fingerprint density at radius 2 is 0.800 bits per heavy atom. The number of aliphatic hydroxyl groups excluding tert-OH is 1. The number of anilines is 4. The Balaban J connectivity index is 0.709. The number of aromatic nitrogens is 18. The number of methoxy groups -OCH3 is 4. The Morgan fingerprint density at radius 1 is 0.407 bits per heavy atom. The van der Waals surface area contributed by atoms with Gasteiger partial charge in [0.1, 0.15) is 116 Å². The first-order chi connectivity index (χ1) is 69.0. The first kappa shape index (κ1) is 111. The van der Waals surface area contributed by atoms with Crippen LogP contribution in [0.2, 0.25) is 0 Å². The second kappa shape index (κ2) is 47.8. The van der Waals surface area contributed by atoms with Gasteiger partial charge in [-0.15, -0.1) is 0 Å². The number of aryl methyl sites for hydroxylation is 3. The molecule has 0 amide bonds. The molecule has 60 nitrogen and oxygen atoms in total. The van der Waals surface area contributed by atoms with Crippen LogP contribution in [-0.4, -0.2) is 309 Å². The molecule has 15 heterocycles. The van der Waals surface area contributed by atoms with Crippen molar-refractivity contribution >= 4 is 141 Å². The molecule has 14 N–H and O–H groups in total. The molecule has 0 aliphatic carbocycles. The number of nitrogens with zero attached hydrogens (tertiary/aromatic N) is 14. The zero-order chi connectivity index (χ0) is 104. The summed E-state index contributed by atoms with van der Waals surface area (Å²) in [6, 6.07) is 0. The molecule has 6 fully saturated rings. The minimum Gasteiger partial charge on any atom is -0.387 e. The number of hydrogen-bond acceptors (Lipinski definition) is 49. The van der Waals surface area contributed by atoms with Crippen molar-refractivity contribution in [2.75, 3.05) is 137 Å². The van der Waals surface area contributed by atoms with Gasteiger partial charge in [0.2, 0.25) is 11.9 Å². The van der Waals surface area contributed by atoms with Gasteiger partial charge in [-0.1, -0.05) is 75.2 Å². The lowest BCUT2D eigenvalue weighted by Gasteiger charge is -2.29. The standard InChI is InChI=1S/C76H109N22O38P5S4/c1-9-10-11-12-38-39(21-46(126-38)96-32-83-48-60(78)81-31-82-61(48)96)132-138(109,142)122-26-41-40(22-47(127-41)97-33-84-49-62(97)87-72(79)89-66(49)102)133-139(110,143)124-29-44-52(56(118-18-14-114-6)71(131-44)98-34-85-50-63(98)88-73(80)90-67(50)103)134-137(107,108)121-28-43-53(57(119-19-15-115-7)70(129-43)95-25-37(4)65(101)92-76(95)106)135-141(112,145)125-30-45-54(58(120-20-16-116-8)69(130-45)93-23-35(2)59(77)86-74(93)104)136-140(111,144)123-27-42-51(99)55(117-17-13-113-5)68(128-42)94-24-36(3)64(100)91-75(94)105/h23-25,31-34,38-47,51-58,68-71,99H,9-22,26-30H2,1-8H3,(H,107,108)(H,109,142)(H,110,143)(H,111,144)(H,112,145)(H2,77,86,104)(H2,78,81,82)(H,91,100,105)(H,92,101,106)(H3,79,87,89,102)(H3,80,88,90,103)/t38-,39?,40?,41-,42-,43-,44-,45-,46-,47-,51?,52+,53?,54?,55?,56?,57?,58?,68-,69-,70-,71-,138?,139?,140?,141?/m1/s1. The van der Waals surface area contributed by atoms with E-state index in [4.69, 9.17) is 134 Å². The average Bonchev–Trinajstić information content (AvgIpc) is 1.61. The van der Waals surface area contributed by atoms with Gasteiger partial charge in [0.15, 0.2) is 58.7 Å². The number of aromatic amines is 4. The van der Waals surface area contributed by atoms with Crippen LogP contribution in [0.1, 0.15) is 99.5 Å². The molecular formula is C76H109N22O38P5S4. The van der Waals surface area contributed by atoms with Gasteiger partial charge in [-0.2, -0.15) is 15.0 Å². The third kappa shape index (κ3) is 26.3. The molecule has 0 saturated carbocycles. The number of phosphoric acid groups is 1. The number of H-pyrrole nitrogens is 4. The molecule has 6 aliphatic heterocycles.